The molecule has 2 amide bonds. The van der Waals surface area contributed by atoms with Gasteiger partial charge in [-0.05, 0) is 75.4 Å². The van der Waals surface area contributed by atoms with Gasteiger partial charge in [0, 0.05) is 10.7 Å². The van der Waals surface area contributed by atoms with Crippen LogP contribution in [0.1, 0.15) is 30.0 Å². The molecule has 0 atom stereocenters. The van der Waals surface area contributed by atoms with Crippen LogP contribution in [-0.2, 0) is 22.6 Å². The van der Waals surface area contributed by atoms with E-state index in [0.717, 1.165) is 27.6 Å². The highest BCUT2D eigenvalue weighted by atomic mass is 79.9. The van der Waals surface area contributed by atoms with Gasteiger partial charge in [-0.1, -0.05) is 48.9 Å². The quantitative estimate of drug-likeness (QED) is 0.212. The molecule has 8 heteroatoms. The zero-order chi connectivity index (χ0) is 23.6. The van der Waals surface area contributed by atoms with Crippen LogP contribution in [0.4, 0.5) is 5.69 Å². The summed E-state index contributed by atoms with van der Waals surface area (Å²) in [7, 11) is 0. The molecule has 0 aliphatic carbocycles. The minimum Gasteiger partial charge on any atom is -0.488 e. The summed E-state index contributed by atoms with van der Waals surface area (Å²) in [5, 5.41) is 7.37. The lowest BCUT2D eigenvalue weighted by molar-refractivity contribution is -0.126. The minimum atomic E-state index is -0.500. The van der Waals surface area contributed by atoms with Crippen LogP contribution in [0, 0.1) is 0 Å². The molecule has 170 valence electrons. The zero-order valence-corrected chi connectivity index (χ0v) is 20.3. The Hall–Kier alpha value is -3.16. The number of benzene rings is 3. The number of carbonyl (C=O) groups excluding carboxylic acids is 2. The summed E-state index contributed by atoms with van der Waals surface area (Å²) in [6.07, 6.45) is 1.96. The Balaban J connectivity index is 1.48. The summed E-state index contributed by atoms with van der Waals surface area (Å²) in [6.45, 7) is 2.41. The molecule has 3 rings (SSSR count). The molecule has 6 nitrogen and oxygen atoms in total. The van der Waals surface area contributed by atoms with Crippen molar-refractivity contribution in [3.63, 3.8) is 0 Å². The molecule has 0 aromatic heterocycles. The van der Waals surface area contributed by atoms with E-state index < -0.39 is 11.8 Å². The average Bonchev–Trinajstić information content (AvgIpc) is 2.80. The molecule has 2 N–H and O–H groups in total. The highest BCUT2D eigenvalue weighted by Crippen LogP contribution is 2.26. The van der Waals surface area contributed by atoms with Gasteiger partial charge in [-0.2, -0.15) is 5.10 Å². The maximum absolute atomic E-state index is 12.1. The Kier molecular flexibility index (Phi) is 9.04. The Morgan fingerprint density at radius 2 is 1.82 bits per heavy atom. The first kappa shape index (κ1) is 24.5. The van der Waals surface area contributed by atoms with Gasteiger partial charge >= 0.3 is 0 Å². The summed E-state index contributed by atoms with van der Waals surface area (Å²) in [4.78, 5) is 24.2. The van der Waals surface area contributed by atoms with Crippen LogP contribution in [0.2, 0.25) is 5.02 Å². The molecule has 0 aliphatic rings. The van der Waals surface area contributed by atoms with Gasteiger partial charge in [-0.3, -0.25) is 9.59 Å². The number of hydrogen-bond acceptors (Lipinski definition) is 4. The van der Waals surface area contributed by atoms with Crippen LogP contribution in [0.5, 0.6) is 5.75 Å². The topological polar surface area (TPSA) is 79.8 Å². The largest absolute Gasteiger partial charge is 0.488 e. The fraction of sp³-hybridized carbons (Fsp3) is 0.160. The van der Waals surface area contributed by atoms with E-state index >= 15 is 0 Å². The third-order valence-corrected chi connectivity index (χ3v) is 5.53. The van der Waals surface area contributed by atoms with Gasteiger partial charge in [0.25, 0.3) is 0 Å². The Morgan fingerprint density at radius 3 is 2.55 bits per heavy atom. The summed E-state index contributed by atoms with van der Waals surface area (Å²) in [5.41, 5.74) is 5.85. The Labute approximate surface area is 206 Å². The van der Waals surface area contributed by atoms with E-state index in [2.05, 4.69) is 31.8 Å². The van der Waals surface area contributed by atoms with Crippen molar-refractivity contribution in [1.29, 1.82) is 0 Å². The van der Waals surface area contributed by atoms with Crippen LogP contribution >= 0.6 is 27.5 Å². The number of rotatable bonds is 9. The molecule has 0 radical (unpaired) electrons. The van der Waals surface area contributed by atoms with E-state index in [4.69, 9.17) is 16.3 Å². The van der Waals surface area contributed by atoms with Crippen molar-refractivity contribution in [2.45, 2.75) is 26.4 Å². The number of nitrogens with zero attached hydrogens (tertiary/aromatic N) is 1. The van der Waals surface area contributed by atoms with Gasteiger partial charge in [0.05, 0.1) is 10.7 Å². The van der Waals surface area contributed by atoms with Gasteiger partial charge in [-0.25, -0.2) is 5.43 Å². The summed E-state index contributed by atoms with van der Waals surface area (Å²) >= 11 is 9.38. The molecule has 33 heavy (non-hydrogen) atoms. The highest BCUT2D eigenvalue weighted by molar-refractivity contribution is 9.10. The molecular formula is C25H23BrClN3O3. The summed E-state index contributed by atoms with van der Waals surface area (Å²) in [6, 6.07) is 20.4. The van der Waals surface area contributed by atoms with E-state index in [0.29, 0.717) is 23.1 Å². The van der Waals surface area contributed by atoms with Gasteiger partial charge in [-0.15, -0.1) is 0 Å². The fourth-order valence-electron chi connectivity index (χ4n) is 2.97. The van der Waals surface area contributed by atoms with Crippen molar-refractivity contribution in [2.24, 2.45) is 5.10 Å². The number of carbonyl (C=O) groups is 2. The van der Waals surface area contributed by atoms with Crippen LogP contribution in [0.25, 0.3) is 0 Å². The number of aryl methyl sites for hydroxylation is 1. The second-order valence-corrected chi connectivity index (χ2v) is 8.42. The van der Waals surface area contributed by atoms with E-state index in [1.807, 2.05) is 73.7 Å². The van der Waals surface area contributed by atoms with E-state index in [1.165, 1.54) is 6.21 Å². The second kappa shape index (κ2) is 12.2. The van der Waals surface area contributed by atoms with Gasteiger partial charge in [0.15, 0.2) is 0 Å². The molecule has 0 aliphatic heterocycles. The Morgan fingerprint density at radius 1 is 1.06 bits per heavy atom. The zero-order valence-electron chi connectivity index (χ0n) is 18.0. The van der Waals surface area contributed by atoms with Crippen LogP contribution < -0.4 is 15.5 Å². The number of nitrogens with one attached hydrogen (secondary N) is 2. The lowest BCUT2D eigenvalue weighted by atomic mass is 10.1. The maximum Gasteiger partial charge on any atom is 0.249 e. The molecule has 0 spiro atoms. The van der Waals surface area contributed by atoms with Crippen molar-refractivity contribution in [2.75, 3.05) is 5.32 Å². The first-order valence-corrected chi connectivity index (χ1v) is 11.5. The van der Waals surface area contributed by atoms with Crippen molar-refractivity contribution in [3.05, 3.63) is 92.9 Å². The fourth-order valence-corrected chi connectivity index (χ4v) is 3.60. The molecule has 0 saturated heterocycles. The van der Waals surface area contributed by atoms with Crippen molar-refractivity contribution in [1.82, 2.24) is 5.43 Å². The number of ether oxygens (including phenoxy) is 1. The normalized spacial score (nSPS) is 10.8. The average molecular weight is 529 g/mol. The molecule has 0 bridgehead atoms. The SMILES string of the molecule is CCc1ccccc1NC(=O)CC(=O)NN=Cc1ccc(OCc2ccc(Cl)cc2)c(Br)c1. The third kappa shape index (κ3) is 7.73. The van der Waals surface area contributed by atoms with Gasteiger partial charge in [0.1, 0.15) is 18.8 Å². The summed E-state index contributed by atoms with van der Waals surface area (Å²) in [5.74, 6) is -0.219. The lowest BCUT2D eigenvalue weighted by Gasteiger charge is -2.09. The minimum absolute atomic E-state index is 0.323. The smallest absolute Gasteiger partial charge is 0.249 e. The van der Waals surface area contributed by atoms with Gasteiger partial charge in [0.2, 0.25) is 11.8 Å². The number of anilines is 1. The molecule has 3 aromatic rings. The number of hydrogen-bond donors (Lipinski definition) is 2. The molecule has 3 aromatic carbocycles. The second-order valence-electron chi connectivity index (χ2n) is 7.13. The number of hydrazone groups is 1. The summed E-state index contributed by atoms with van der Waals surface area (Å²) < 4.78 is 6.57. The third-order valence-electron chi connectivity index (χ3n) is 4.66. The van der Waals surface area contributed by atoms with Crippen LogP contribution in [0.15, 0.2) is 76.3 Å². The highest BCUT2D eigenvalue weighted by Gasteiger charge is 2.10. The molecule has 0 fully saturated rings. The maximum atomic E-state index is 12.1. The van der Waals surface area contributed by atoms with E-state index in [1.54, 1.807) is 0 Å². The molecular weight excluding hydrogens is 506 g/mol. The predicted molar refractivity (Wildman–Crippen MR) is 135 cm³/mol. The van der Waals surface area contributed by atoms with Crippen molar-refractivity contribution >= 4 is 51.2 Å². The van der Waals surface area contributed by atoms with Crippen LogP contribution in [-0.4, -0.2) is 18.0 Å². The van der Waals surface area contributed by atoms with E-state index in [-0.39, 0.29) is 6.42 Å². The number of amides is 2. The lowest BCUT2D eigenvalue weighted by Crippen LogP contribution is -2.25. The number of halogens is 2. The van der Waals surface area contributed by atoms with Crippen molar-refractivity contribution < 1.29 is 14.3 Å². The Bertz CT molecular complexity index is 1150. The first-order valence-electron chi connectivity index (χ1n) is 10.3. The molecule has 0 saturated carbocycles. The monoisotopic (exact) mass is 527 g/mol. The molecule has 0 unspecified atom stereocenters. The number of para-hydroxylation sites is 1. The van der Waals surface area contributed by atoms with Crippen molar-refractivity contribution in [3.8, 4) is 5.75 Å². The standard InChI is InChI=1S/C25H23BrClN3O3/c1-2-19-5-3-4-6-22(19)29-24(31)14-25(32)30-28-15-18-9-12-23(21(26)13-18)33-16-17-7-10-20(27)11-8-17/h3-13,15H,2,14,16H2,1H3,(H,29,31)(H,30,32). The van der Waals surface area contributed by atoms with Gasteiger partial charge < -0.3 is 10.1 Å². The first-order chi connectivity index (χ1) is 15.9. The molecule has 0 heterocycles. The predicted octanol–water partition coefficient (Wildman–Crippen LogP) is 5.72. The van der Waals surface area contributed by atoms with Crippen LogP contribution in [0.3, 0.4) is 0 Å². The van der Waals surface area contributed by atoms with E-state index in [9.17, 15) is 9.59 Å².